The molecule has 0 atom stereocenters. The third-order valence-corrected chi connectivity index (χ3v) is 4.20. The lowest BCUT2D eigenvalue weighted by Crippen LogP contribution is -2.27. The lowest BCUT2D eigenvalue weighted by molar-refractivity contribution is 0.378. The molecule has 2 heterocycles. The number of likely N-dealkylation sites (N-methyl/N-ethyl adjacent to an activating group) is 2. The molecule has 2 rings (SSSR count). The first-order valence-electron chi connectivity index (χ1n) is 7.71. The highest BCUT2D eigenvalue weighted by molar-refractivity contribution is 5.80. The maximum absolute atomic E-state index is 8.53. The van der Waals surface area contributed by atoms with Crippen molar-refractivity contribution in [3.05, 3.63) is 23.1 Å². The van der Waals surface area contributed by atoms with Crippen molar-refractivity contribution in [3.8, 4) is 0 Å². The fourth-order valence-corrected chi connectivity index (χ4v) is 2.64. The smallest absolute Gasteiger partial charge is 0.145 e. The Morgan fingerprint density at radius 2 is 1.64 bits per heavy atom. The lowest BCUT2D eigenvalue weighted by Gasteiger charge is -2.14. The summed E-state index contributed by atoms with van der Waals surface area (Å²) in [5.74, 6) is 0. The Balaban J connectivity index is 2.47. The highest BCUT2D eigenvalue weighted by Gasteiger charge is 2.15. The second kappa shape index (κ2) is 6.62. The van der Waals surface area contributed by atoms with Crippen molar-refractivity contribution in [3.63, 3.8) is 0 Å². The summed E-state index contributed by atoms with van der Waals surface area (Å²) in [6.45, 7) is 7.78. The van der Waals surface area contributed by atoms with Gasteiger partial charge in [0, 0.05) is 31.9 Å². The van der Waals surface area contributed by atoms with Crippen LogP contribution in [-0.2, 0) is 13.1 Å². The number of rotatable bonds is 6. The second-order valence-corrected chi connectivity index (χ2v) is 6.45. The topological polar surface area (TPSA) is 53.1 Å². The van der Waals surface area contributed by atoms with Crippen molar-refractivity contribution in [2.75, 3.05) is 41.3 Å². The van der Waals surface area contributed by atoms with Gasteiger partial charge < -0.3 is 18.9 Å². The molecule has 0 radical (unpaired) electrons. The number of hydrogen-bond acceptors (Lipinski definition) is 4. The minimum atomic E-state index is 0.566. The molecule has 2 aromatic heterocycles. The summed E-state index contributed by atoms with van der Waals surface area (Å²) in [5.41, 5.74) is 3.88. The zero-order chi connectivity index (χ0) is 16.4. The number of aromatic nitrogens is 3. The van der Waals surface area contributed by atoms with Crippen LogP contribution in [0.15, 0.2) is 6.33 Å². The Bertz CT molecular complexity index is 707. The standard InChI is InChI=1S/C16H28N6/c1-12-13(2)22(10-8-20(5)6)16-14(12)15(17)21(11-18-16)9-7-19(3)4/h11,17H,7-10H2,1-6H3. The molecule has 0 bridgehead atoms. The van der Waals surface area contributed by atoms with Gasteiger partial charge in [-0.15, -0.1) is 0 Å². The molecule has 2 aromatic rings. The van der Waals surface area contributed by atoms with Gasteiger partial charge in [0.25, 0.3) is 0 Å². The second-order valence-electron chi connectivity index (χ2n) is 6.45. The molecule has 1 N–H and O–H groups in total. The van der Waals surface area contributed by atoms with Crippen LogP contribution in [0.1, 0.15) is 11.3 Å². The molecule has 0 aliphatic carbocycles. The molecule has 6 nitrogen and oxygen atoms in total. The molecule has 6 heteroatoms. The maximum atomic E-state index is 8.53. The quantitative estimate of drug-likeness (QED) is 0.868. The van der Waals surface area contributed by atoms with Gasteiger partial charge in [0.15, 0.2) is 0 Å². The van der Waals surface area contributed by atoms with Crippen LogP contribution in [0.2, 0.25) is 0 Å². The van der Waals surface area contributed by atoms with Gasteiger partial charge in [-0.25, -0.2) is 4.98 Å². The van der Waals surface area contributed by atoms with Crippen LogP contribution in [0.4, 0.5) is 0 Å². The number of nitrogens with one attached hydrogen (secondary N) is 1. The van der Waals surface area contributed by atoms with E-state index in [4.69, 9.17) is 5.41 Å². The molecular weight excluding hydrogens is 276 g/mol. The molecule has 0 fully saturated rings. The minimum absolute atomic E-state index is 0.566. The largest absolute Gasteiger partial charge is 0.328 e. The van der Waals surface area contributed by atoms with E-state index in [-0.39, 0.29) is 0 Å². The van der Waals surface area contributed by atoms with Gasteiger partial charge in [-0.2, -0.15) is 0 Å². The Morgan fingerprint density at radius 3 is 2.23 bits per heavy atom. The summed E-state index contributed by atoms with van der Waals surface area (Å²) in [7, 11) is 8.24. The summed E-state index contributed by atoms with van der Waals surface area (Å²) in [6, 6.07) is 0. The molecule has 0 aromatic carbocycles. The Morgan fingerprint density at radius 1 is 1.05 bits per heavy atom. The monoisotopic (exact) mass is 304 g/mol. The predicted molar refractivity (Wildman–Crippen MR) is 90.2 cm³/mol. The normalized spacial score (nSPS) is 12.0. The van der Waals surface area contributed by atoms with E-state index in [1.165, 1.54) is 11.3 Å². The van der Waals surface area contributed by atoms with Gasteiger partial charge in [0.1, 0.15) is 11.1 Å². The fraction of sp³-hybridized carbons (Fsp3) is 0.625. The van der Waals surface area contributed by atoms with Gasteiger partial charge in [-0.3, -0.25) is 5.41 Å². The zero-order valence-corrected chi connectivity index (χ0v) is 14.6. The average Bonchev–Trinajstić information content (AvgIpc) is 2.68. The number of hydrogen-bond donors (Lipinski definition) is 1. The van der Waals surface area contributed by atoms with Crippen molar-refractivity contribution in [2.45, 2.75) is 26.9 Å². The number of fused-ring (bicyclic) bond motifs is 1. The Kier molecular flexibility index (Phi) is 5.03. The van der Waals surface area contributed by atoms with E-state index in [9.17, 15) is 0 Å². The van der Waals surface area contributed by atoms with Crippen LogP contribution in [-0.4, -0.2) is 65.2 Å². The van der Waals surface area contributed by atoms with E-state index in [1.807, 2.05) is 18.7 Å². The van der Waals surface area contributed by atoms with E-state index in [2.05, 4.69) is 47.3 Å². The fourth-order valence-electron chi connectivity index (χ4n) is 2.64. The first kappa shape index (κ1) is 16.7. The van der Waals surface area contributed by atoms with Gasteiger partial charge in [0.05, 0.1) is 11.7 Å². The number of aryl methyl sites for hydroxylation is 1. The van der Waals surface area contributed by atoms with Crippen LogP contribution in [0, 0.1) is 19.3 Å². The highest BCUT2D eigenvalue weighted by atomic mass is 15.2. The van der Waals surface area contributed by atoms with Crippen LogP contribution in [0.25, 0.3) is 11.0 Å². The Labute approximate surface area is 132 Å². The van der Waals surface area contributed by atoms with E-state index in [0.717, 1.165) is 37.2 Å². The van der Waals surface area contributed by atoms with Gasteiger partial charge in [0.2, 0.25) is 0 Å². The molecule has 0 spiro atoms. The predicted octanol–water partition coefficient (Wildman–Crippen LogP) is 1.06. The van der Waals surface area contributed by atoms with Crippen LogP contribution >= 0.6 is 0 Å². The molecule has 0 saturated carbocycles. The molecule has 0 aliphatic rings. The van der Waals surface area contributed by atoms with Crippen molar-refractivity contribution < 1.29 is 0 Å². The van der Waals surface area contributed by atoms with Gasteiger partial charge in [-0.05, 0) is 47.6 Å². The molecule has 122 valence electrons. The van der Waals surface area contributed by atoms with E-state index < -0.39 is 0 Å². The van der Waals surface area contributed by atoms with Gasteiger partial charge in [-0.1, -0.05) is 0 Å². The maximum Gasteiger partial charge on any atom is 0.145 e. The van der Waals surface area contributed by atoms with Crippen LogP contribution < -0.4 is 5.49 Å². The van der Waals surface area contributed by atoms with Crippen LogP contribution in [0.3, 0.4) is 0 Å². The van der Waals surface area contributed by atoms with Gasteiger partial charge >= 0.3 is 0 Å². The Hall–Kier alpha value is -1.66. The average molecular weight is 304 g/mol. The SMILES string of the molecule is Cc1c(C)n(CCN(C)C)c2ncn(CCN(C)C)c(=N)c12. The first-order valence-corrected chi connectivity index (χ1v) is 7.71. The van der Waals surface area contributed by atoms with Crippen molar-refractivity contribution >= 4 is 11.0 Å². The summed E-state index contributed by atoms with van der Waals surface area (Å²) in [5, 5.41) is 9.52. The summed E-state index contributed by atoms with van der Waals surface area (Å²) >= 11 is 0. The first-order chi connectivity index (χ1) is 10.3. The molecular formula is C16H28N6. The highest BCUT2D eigenvalue weighted by Crippen LogP contribution is 2.20. The molecule has 0 amide bonds. The molecule has 0 unspecified atom stereocenters. The van der Waals surface area contributed by atoms with Crippen molar-refractivity contribution in [2.24, 2.45) is 0 Å². The van der Waals surface area contributed by atoms with E-state index in [0.29, 0.717) is 5.49 Å². The summed E-state index contributed by atoms with van der Waals surface area (Å²) < 4.78 is 4.17. The van der Waals surface area contributed by atoms with Crippen LogP contribution in [0.5, 0.6) is 0 Å². The third kappa shape index (κ3) is 3.23. The van der Waals surface area contributed by atoms with E-state index in [1.54, 1.807) is 6.33 Å². The summed E-state index contributed by atoms with van der Waals surface area (Å²) in [4.78, 5) is 8.94. The molecule has 22 heavy (non-hydrogen) atoms. The number of nitrogens with zero attached hydrogens (tertiary/aromatic N) is 5. The molecule has 0 saturated heterocycles. The summed E-state index contributed by atoms with van der Waals surface area (Å²) in [6.07, 6.45) is 1.80. The van der Waals surface area contributed by atoms with Crippen molar-refractivity contribution in [1.29, 1.82) is 5.41 Å². The zero-order valence-electron chi connectivity index (χ0n) is 14.6. The van der Waals surface area contributed by atoms with Crippen molar-refractivity contribution in [1.82, 2.24) is 23.9 Å². The third-order valence-electron chi connectivity index (χ3n) is 4.20. The lowest BCUT2D eigenvalue weighted by atomic mass is 10.2. The van der Waals surface area contributed by atoms with E-state index >= 15 is 0 Å². The minimum Gasteiger partial charge on any atom is -0.328 e. The molecule has 0 aliphatic heterocycles.